The molecule has 2 aliphatic rings. The van der Waals surface area contributed by atoms with Crippen molar-refractivity contribution in [3.05, 3.63) is 108 Å². The summed E-state index contributed by atoms with van der Waals surface area (Å²) in [6, 6.07) is 34.5. The van der Waals surface area contributed by atoms with Gasteiger partial charge in [0.05, 0.1) is 0 Å². The first kappa shape index (κ1) is 17.5. The lowest BCUT2D eigenvalue weighted by molar-refractivity contribution is 0.875. The topological polar surface area (TPSA) is 48.1 Å². The molecule has 0 spiro atoms. The van der Waals surface area contributed by atoms with Gasteiger partial charge in [-0.15, -0.1) is 0 Å². The highest BCUT2D eigenvalue weighted by Crippen LogP contribution is 2.40. The highest BCUT2D eigenvalue weighted by Gasteiger charge is 2.22. The largest absolute Gasteiger partial charge is 0.361 e. The molecule has 4 nitrogen and oxygen atoms in total. The van der Waals surface area contributed by atoms with Crippen molar-refractivity contribution in [3.8, 4) is 0 Å². The summed E-state index contributed by atoms with van der Waals surface area (Å²) < 4.78 is 0. The number of rotatable bonds is 2. The van der Waals surface area contributed by atoms with Gasteiger partial charge in [-0.25, -0.2) is 0 Å². The zero-order valence-corrected chi connectivity index (χ0v) is 17.4. The van der Waals surface area contributed by atoms with E-state index in [1.807, 2.05) is 0 Å². The zero-order chi connectivity index (χ0) is 21.1. The highest BCUT2D eigenvalue weighted by atomic mass is 15.2. The fraction of sp³-hybridized carbons (Fsp3) is 0.0714. The van der Waals surface area contributed by atoms with Crippen LogP contribution in [-0.2, 0) is 0 Å². The van der Waals surface area contributed by atoms with Gasteiger partial charge in [-0.1, -0.05) is 72.8 Å². The summed E-state index contributed by atoms with van der Waals surface area (Å²) >= 11 is 0. The SMILES string of the molecule is c1cc2c3c(cccc3c1)NC(c1ccc(C3Nc4cccc5cccc(c45)N3)cc1)N2. The van der Waals surface area contributed by atoms with Crippen LogP contribution in [0, 0.1) is 0 Å². The Labute approximate surface area is 186 Å². The van der Waals surface area contributed by atoms with E-state index in [1.54, 1.807) is 0 Å². The molecule has 2 aliphatic heterocycles. The van der Waals surface area contributed by atoms with Crippen LogP contribution < -0.4 is 21.3 Å². The van der Waals surface area contributed by atoms with Gasteiger partial charge >= 0.3 is 0 Å². The summed E-state index contributed by atoms with van der Waals surface area (Å²) in [6.45, 7) is 0. The van der Waals surface area contributed by atoms with Gasteiger partial charge in [-0.05, 0) is 46.2 Å². The monoisotopic (exact) mass is 414 g/mol. The Kier molecular flexibility index (Phi) is 3.64. The summed E-state index contributed by atoms with van der Waals surface area (Å²) in [5, 5.41) is 19.7. The minimum Gasteiger partial charge on any atom is -0.361 e. The molecular weight excluding hydrogens is 392 g/mol. The molecule has 2 heterocycles. The van der Waals surface area contributed by atoms with Gasteiger partial charge in [0.2, 0.25) is 0 Å². The van der Waals surface area contributed by atoms with Crippen LogP contribution >= 0.6 is 0 Å². The first-order valence-electron chi connectivity index (χ1n) is 11.0. The lowest BCUT2D eigenvalue weighted by Gasteiger charge is -2.31. The molecule has 0 bridgehead atoms. The van der Waals surface area contributed by atoms with Crippen LogP contribution in [0.1, 0.15) is 23.5 Å². The first-order valence-corrected chi connectivity index (χ1v) is 11.0. The molecule has 0 atom stereocenters. The molecule has 0 fully saturated rings. The number of anilines is 4. The van der Waals surface area contributed by atoms with Crippen molar-refractivity contribution in [2.24, 2.45) is 0 Å². The van der Waals surface area contributed by atoms with Gasteiger partial charge in [0.25, 0.3) is 0 Å². The predicted octanol–water partition coefficient (Wildman–Crippen LogP) is 7.07. The van der Waals surface area contributed by atoms with Crippen LogP contribution in [0.25, 0.3) is 21.5 Å². The molecule has 0 saturated heterocycles. The maximum absolute atomic E-state index is 3.66. The first-order chi connectivity index (χ1) is 15.8. The van der Waals surface area contributed by atoms with Crippen LogP contribution in [0.3, 0.4) is 0 Å². The Balaban J connectivity index is 1.18. The second-order valence-corrected chi connectivity index (χ2v) is 8.53. The van der Waals surface area contributed by atoms with E-state index in [1.165, 1.54) is 55.4 Å². The van der Waals surface area contributed by atoms with E-state index in [-0.39, 0.29) is 12.3 Å². The molecule has 4 heteroatoms. The van der Waals surface area contributed by atoms with Gasteiger partial charge in [0, 0.05) is 33.5 Å². The van der Waals surface area contributed by atoms with Gasteiger partial charge in [-0.3, -0.25) is 0 Å². The normalized spacial score (nSPS) is 15.0. The molecule has 0 radical (unpaired) electrons. The molecule has 0 amide bonds. The van der Waals surface area contributed by atoms with Crippen LogP contribution in [0.4, 0.5) is 22.7 Å². The van der Waals surface area contributed by atoms with E-state index in [9.17, 15) is 0 Å². The van der Waals surface area contributed by atoms with E-state index in [4.69, 9.17) is 0 Å². The Hall–Kier alpha value is -4.18. The molecule has 4 N–H and O–H groups in total. The zero-order valence-electron chi connectivity index (χ0n) is 17.4. The number of hydrogen-bond donors (Lipinski definition) is 4. The Morgan fingerprint density at radius 2 is 0.688 bits per heavy atom. The third-order valence-electron chi connectivity index (χ3n) is 6.61. The lowest BCUT2D eigenvalue weighted by atomic mass is 10.00. The van der Waals surface area contributed by atoms with Gasteiger partial charge in [0.1, 0.15) is 12.3 Å². The number of benzene rings is 5. The minimum atomic E-state index is 0.0336. The van der Waals surface area contributed by atoms with Crippen LogP contribution in [0.2, 0.25) is 0 Å². The molecule has 154 valence electrons. The van der Waals surface area contributed by atoms with E-state index in [0.717, 1.165) is 0 Å². The maximum Gasteiger partial charge on any atom is 0.123 e. The minimum absolute atomic E-state index is 0.0336. The van der Waals surface area contributed by atoms with Crippen LogP contribution in [0.15, 0.2) is 97.1 Å². The molecule has 7 rings (SSSR count). The van der Waals surface area contributed by atoms with Crippen molar-refractivity contribution in [2.75, 3.05) is 21.3 Å². The Morgan fingerprint density at radius 1 is 0.375 bits per heavy atom. The van der Waals surface area contributed by atoms with Gasteiger partial charge in [0.15, 0.2) is 0 Å². The molecule has 0 aliphatic carbocycles. The van der Waals surface area contributed by atoms with Gasteiger partial charge < -0.3 is 21.3 Å². The highest BCUT2D eigenvalue weighted by molar-refractivity contribution is 6.05. The Morgan fingerprint density at radius 3 is 1.00 bits per heavy atom. The molecule has 5 aromatic rings. The second kappa shape index (κ2) is 6.66. The number of nitrogens with one attached hydrogen (secondary N) is 4. The van der Waals surface area contributed by atoms with Crippen molar-refractivity contribution < 1.29 is 0 Å². The standard InChI is InChI=1S/C28H22N4/c1-5-17-6-2-10-22-25(17)21(9-1)29-27(30-22)19-13-15-20(16-14-19)28-31-23-11-3-7-18-8-4-12-24(32-28)26(18)23/h1-16,27-32H. The molecule has 0 unspecified atom stereocenters. The predicted molar refractivity (Wildman–Crippen MR) is 134 cm³/mol. The van der Waals surface area contributed by atoms with Crippen molar-refractivity contribution >= 4 is 44.3 Å². The van der Waals surface area contributed by atoms with Gasteiger partial charge in [-0.2, -0.15) is 0 Å². The molecule has 0 saturated carbocycles. The van der Waals surface area contributed by atoms with Crippen molar-refractivity contribution in [1.29, 1.82) is 0 Å². The fourth-order valence-corrected chi connectivity index (χ4v) is 5.07. The van der Waals surface area contributed by atoms with E-state index >= 15 is 0 Å². The second-order valence-electron chi connectivity index (χ2n) is 8.53. The molecule has 5 aromatic carbocycles. The quantitative estimate of drug-likeness (QED) is 0.250. The molecule has 0 aromatic heterocycles. The third kappa shape index (κ3) is 2.63. The fourth-order valence-electron chi connectivity index (χ4n) is 5.07. The maximum atomic E-state index is 3.66. The summed E-state index contributed by atoms with van der Waals surface area (Å²) in [4.78, 5) is 0. The van der Waals surface area contributed by atoms with Crippen LogP contribution in [0.5, 0.6) is 0 Å². The van der Waals surface area contributed by atoms with Crippen molar-refractivity contribution in [2.45, 2.75) is 12.3 Å². The number of hydrogen-bond acceptors (Lipinski definition) is 4. The van der Waals surface area contributed by atoms with E-state index in [2.05, 4.69) is 118 Å². The summed E-state index contributed by atoms with van der Waals surface area (Å²) in [5.41, 5.74) is 7.10. The average Bonchev–Trinajstić information content (AvgIpc) is 2.85. The smallest absolute Gasteiger partial charge is 0.123 e. The molecule has 32 heavy (non-hydrogen) atoms. The average molecular weight is 415 g/mol. The van der Waals surface area contributed by atoms with Crippen molar-refractivity contribution in [3.63, 3.8) is 0 Å². The summed E-state index contributed by atoms with van der Waals surface area (Å²) in [5.74, 6) is 0. The third-order valence-corrected chi connectivity index (χ3v) is 6.61. The van der Waals surface area contributed by atoms with Crippen LogP contribution in [-0.4, -0.2) is 0 Å². The van der Waals surface area contributed by atoms with Crippen molar-refractivity contribution in [1.82, 2.24) is 0 Å². The lowest BCUT2D eigenvalue weighted by Crippen LogP contribution is -2.25. The Bertz CT molecular complexity index is 1290. The van der Waals surface area contributed by atoms with E-state index < -0.39 is 0 Å². The molecular formula is C28H22N4. The summed E-state index contributed by atoms with van der Waals surface area (Å²) in [7, 11) is 0. The van der Waals surface area contributed by atoms with E-state index in [0.29, 0.717) is 0 Å². The summed E-state index contributed by atoms with van der Waals surface area (Å²) in [6.07, 6.45) is 0.0672.